The van der Waals surface area contributed by atoms with Gasteiger partial charge in [-0.15, -0.1) is 0 Å². The predicted octanol–water partition coefficient (Wildman–Crippen LogP) is 4.04. The highest BCUT2D eigenvalue weighted by Gasteiger charge is 2.06. The topological polar surface area (TPSA) is 40.0 Å². The molecule has 1 aromatic carbocycles. The van der Waals surface area contributed by atoms with Gasteiger partial charge in [-0.1, -0.05) is 19.0 Å². The molecule has 0 fully saturated rings. The third-order valence-corrected chi connectivity index (χ3v) is 2.71. The molecule has 0 heterocycles. The number of nitrogens with zero attached hydrogens (tertiary/aromatic N) is 1. The fourth-order valence-corrected chi connectivity index (χ4v) is 1.45. The van der Waals surface area contributed by atoms with E-state index < -0.39 is 0 Å². The van der Waals surface area contributed by atoms with Gasteiger partial charge in [0.2, 0.25) is 0 Å². The van der Waals surface area contributed by atoms with Gasteiger partial charge in [-0.25, -0.2) is 0 Å². The van der Waals surface area contributed by atoms with Crippen LogP contribution in [0.2, 0.25) is 0 Å². The molecule has 0 spiro atoms. The molecule has 20 heavy (non-hydrogen) atoms. The van der Waals surface area contributed by atoms with Crippen molar-refractivity contribution in [1.82, 2.24) is 0 Å². The average Bonchev–Trinajstić information content (AvgIpc) is 2.45. The van der Waals surface area contributed by atoms with Crippen LogP contribution in [0.4, 0.5) is 0 Å². The van der Waals surface area contributed by atoms with Crippen molar-refractivity contribution in [3.05, 3.63) is 24.3 Å². The zero-order valence-electron chi connectivity index (χ0n) is 12.8. The first-order valence-electron chi connectivity index (χ1n) is 7.22. The fraction of sp³-hybridized carbons (Fsp3) is 0.562. The third kappa shape index (κ3) is 6.45. The van der Waals surface area contributed by atoms with Gasteiger partial charge in [-0.05, 0) is 51.0 Å². The zero-order chi connectivity index (χ0) is 14.8. The summed E-state index contributed by atoms with van der Waals surface area (Å²) >= 11 is 0. The van der Waals surface area contributed by atoms with Crippen molar-refractivity contribution in [2.45, 2.75) is 52.7 Å². The first-order valence-corrected chi connectivity index (χ1v) is 7.22. The van der Waals surface area contributed by atoms with E-state index in [2.05, 4.69) is 19.0 Å². The molecule has 0 saturated heterocycles. The number of hydrogen-bond acceptors (Lipinski definition) is 4. The van der Waals surface area contributed by atoms with Gasteiger partial charge in [-0.2, -0.15) is 0 Å². The molecule has 0 N–H and O–H groups in total. The van der Waals surface area contributed by atoms with Gasteiger partial charge in [0.1, 0.15) is 17.6 Å². The summed E-state index contributed by atoms with van der Waals surface area (Å²) in [4.78, 5) is 5.12. The minimum atomic E-state index is -0.0506. The predicted molar refractivity (Wildman–Crippen MR) is 81.6 cm³/mol. The highest BCUT2D eigenvalue weighted by molar-refractivity contribution is 5.55. The lowest BCUT2D eigenvalue weighted by molar-refractivity contribution is 0.0634. The number of ether oxygens (including phenoxy) is 2. The van der Waals surface area contributed by atoms with Crippen LogP contribution >= 0.6 is 0 Å². The molecule has 0 aliphatic carbocycles. The summed E-state index contributed by atoms with van der Waals surface area (Å²) in [5.41, 5.74) is 0. The Kier molecular flexibility index (Phi) is 7.55. The minimum absolute atomic E-state index is 0.0506. The number of hydrogen-bond donors (Lipinski definition) is 0. The lowest BCUT2D eigenvalue weighted by atomic mass is 10.3. The molecule has 1 aromatic rings. The first-order chi connectivity index (χ1) is 9.65. The fourth-order valence-electron chi connectivity index (χ4n) is 1.45. The smallest absolute Gasteiger partial charge is 0.153 e. The van der Waals surface area contributed by atoms with E-state index in [1.807, 2.05) is 38.1 Å². The molecule has 2 atom stereocenters. The van der Waals surface area contributed by atoms with E-state index >= 15 is 0 Å². The zero-order valence-corrected chi connectivity index (χ0v) is 12.8. The Balaban J connectivity index is 2.38. The van der Waals surface area contributed by atoms with Crippen molar-refractivity contribution in [3.8, 4) is 11.5 Å². The van der Waals surface area contributed by atoms with Crippen LogP contribution < -0.4 is 9.47 Å². The molecule has 112 valence electrons. The quantitative estimate of drug-likeness (QED) is 0.506. The van der Waals surface area contributed by atoms with Crippen molar-refractivity contribution in [2.24, 2.45) is 5.16 Å². The van der Waals surface area contributed by atoms with E-state index in [0.29, 0.717) is 6.61 Å². The number of benzene rings is 1. The van der Waals surface area contributed by atoms with Gasteiger partial charge >= 0.3 is 0 Å². The van der Waals surface area contributed by atoms with E-state index in [1.54, 1.807) is 6.21 Å². The molecule has 4 nitrogen and oxygen atoms in total. The summed E-state index contributed by atoms with van der Waals surface area (Å²) in [7, 11) is 0. The van der Waals surface area contributed by atoms with Crippen molar-refractivity contribution in [2.75, 3.05) is 6.61 Å². The van der Waals surface area contributed by atoms with Crippen LogP contribution in [0.3, 0.4) is 0 Å². The molecule has 0 saturated carbocycles. The monoisotopic (exact) mass is 279 g/mol. The Labute approximate surface area is 121 Å². The van der Waals surface area contributed by atoms with Gasteiger partial charge in [0.15, 0.2) is 6.61 Å². The third-order valence-electron chi connectivity index (χ3n) is 2.71. The summed E-state index contributed by atoms with van der Waals surface area (Å²) in [6.45, 7) is 8.55. The SMILES string of the molecule is CCC=NOCC(C)Oc1ccc(OC(C)CC)cc1. The lowest BCUT2D eigenvalue weighted by Crippen LogP contribution is -2.17. The second-order valence-corrected chi connectivity index (χ2v) is 4.73. The van der Waals surface area contributed by atoms with Gasteiger partial charge in [0, 0.05) is 6.21 Å². The maximum Gasteiger partial charge on any atom is 0.153 e. The van der Waals surface area contributed by atoms with Gasteiger partial charge in [-0.3, -0.25) is 0 Å². The van der Waals surface area contributed by atoms with Crippen molar-refractivity contribution >= 4 is 6.21 Å². The minimum Gasteiger partial charge on any atom is -0.491 e. The van der Waals surface area contributed by atoms with Crippen LogP contribution in [0.25, 0.3) is 0 Å². The Bertz CT molecular complexity index is 389. The average molecular weight is 279 g/mol. The Morgan fingerprint density at radius 1 is 1.00 bits per heavy atom. The molecule has 0 aromatic heterocycles. The summed E-state index contributed by atoms with van der Waals surface area (Å²) in [5, 5.41) is 3.80. The van der Waals surface area contributed by atoms with Crippen LogP contribution in [-0.4, -0.2) is 25.0 Å². The summed E-state index contributed by atoms with van der Waals surface area (Å²) < 4.78 is 11.4. The molecule has 2 unspecified atom stereocenters. The normalized spacial score (nSPS) is 14.0. The van der Waals surface area contributed by atoms with Crippen LogP contribution in [0.5, 0.6) is 11.5 Å². The Morgan fingerprint density at radius 3 is 2.05 bits per heavy atom. The van der Waals surface area contributed by atoms with Gasteiger partial charge in [0.25, 0.3) is 0 Å². The molecule has 0 amide bonds. The van der Waals surface area contributed by atoms with E-state index in [-0.39, 0.29) is 12.2 Å². The molecular formula is C16H25NO3. The Morgan fingerprint density at radius 2 is 1.55 bits per heavy atom. The molecule has 0 bridgehead atoms. The second kappa shape index (κ2) is 9.23. The van der Waals surface area contributed by atoms with Crippen molar-refractivity contribution < 1.29 is 14.3 Å². The maximum absolute atomic E-state index is 5.73. The number of rotatable bonds is 9. The van der Waals surface area contributed by atoms with Crippen LogP contribution in [0.15, 0.2) is 29.4 Å². The maximum atomic E-state index is 5.73. The van der Waals surface area contributed by atoms with Crippen LogP contribution in [-0.2, 0) is 4.84 Å². The molecule has 0 aliphatic rings. The van der Waals surface area contributed by atoms with Gasteiger partial charge < -0.3 is 14.3 Å². The first kappa shape index (κ1) is 16.3. The number of oxime groups is 1. The van der Waals surface area contributed by atoms with E-state index in [9.17, 15) is 0 Å². The second-order valence-electron chi connectivity index (χ2n) is 4.73. The lowest BCUT2D eigenvalue weighted by Gasteiger charge is -2.15. The molecule has 4 heteroatoms. The summed E-state index contributed by atoms with van der Waals surface area (Å²) in [6.07, 6.45) is 3.77. The summed E-state index contributed by atoms with van der Waals surface area (Å²) in [5.74, 6) is 1.67. The van der Waals surface area contributed by atoms with E-state index in [1.165, 1.54) is 0 Å². The van der Waals surface area contributed by atoms with Crippen molar-refractivity contribution in [3.63, 3.8) is 0 Å². The molecule has 0 aliphatic heterocycles. The Hall–Kier alpha value is -1.71. The van der Waals surface area contributed by atoms with E-state index in [4.69, 9.17) is 14.3 Å². The molecular weight excluding hydrogens is 254 g/mol. The van der Waals surface area contributed by atoms with Crippen molar-refractivity contribution in [1.29, 1.82) is 0 Å². The highest BCUT2D eigenvalue weighted by Crippen LogP contribution is 2.20. The summed E-state index contributed by atoms with van der Waals surface area (Å²) in [6, 6.07) is 7.65. The standard InChI is InChI=1S/C16H25NO3/c1-5-11-17-18-12-14(4)20-16-9-7-15(8-10-16)19-13(3)6-2/h7-11,13-14H,5-6,12H2,1-4H3. The van der Waals surface area contributed by atoms with E-state index in [0.717, 1.165) is 24.3 Å². The largest absolute Gasteiger partial charge is 0.491 e. The highest BCUT2D eigenvalue weighted by atomic mass is 16.6. The molecule has 0 radical (unpaired) electrons. The van der Waals surface area contributed by atoms with Crippen LogP contribution in [0.1, 0.15) is 40.5 Å². The van der Waals surface area contributed by atoms with Gasteiger partial charge in [0.05, 0.1) is 6.10 Å². The van der Waals surface area contributed by atoms with Crippen LogP contribution in [0, 0.1) is 0 Å². The molecule has 1 rings (SSSR count).